The van der Waals surface area contributed by atoms with Gasteiger partial charge in [-0.3, -0.25) is 9.59 Å². The molecule has 4 amide bonds. The Morgan fingerprint density at radius 2 is 1.55 bits per heavy atom. The van der Waals surface area contributed by atoms with Crippen LogP contribution in [-0.4, -0.2) is 45.9 Å². The van der Waals surface area contributed by atoms with Crippen LogP contribution in [0.5, 0.6) is 0 Å². The highest BCUT2D eigenvalue weighted by Crippen LogP contribution is 2.20. The van der Waals surface area contributed by atoms with Crippen molar-refractivity contribution in [3.8, 4) is 0 Å². The van der Waals surface area contributed by atoms with Gasteiger partial charge in [-0.05, 0) is 48.2 Å². The molecule has 0 saturated carbocycles. The number of likely N-dealkylation sites (tertiary alicyclic amines) is 1. The van der Waals surface area contributed by atoms with E-state index in [1.165, 1.54) is 10.0 Å². The molecule has 2 aromatic carbocycles. The highest BCUT2D eigenvalue weighted by molar-refractivity contribution is 6.30. The van der Waals surface area contributed by atoms with Crippen LogP contribution in [0.15, 0.2) is 48.5 Å². The Morgan fingerprint density at radius 3 is 2.16 bits per heavy atom. The number of amides is 4. The Kier molecular flexibility index (Phi) is 6.42. The third kappa shape index (κ3) is 5.17. The lowest BCUT2D eigenvalue weighted by molar-refractivity contribution is -0.139. The number of rotatable bonds is 6. The van der Waals surface area contributed by atoms with Crippen LogP contribution in [0.2, 0.25) is 5.02 Å². The van der Waals surface area contributed by atoms with Gasteiger partial charge >= 0.3 is 6.03 Å². The van der Waals surface area contributed by atoms with Gasteiger partial charge in [-0.2, -0.15) is 0 Å². The summed E-state index contributed by atoms with van der Waals surface area (Å²) in [7, 11) is 0. The van der Waals surface area contributed by atoms with Gasteiger partial charge in [0.15, 0.2) is 0 Å². The Labute approximate surface area is 186 Å². The van der Waals surface area contributed by atoms with Crippen LogP contribution in [0.4, 0.5) is 10.5 Å². The fraction of sp³-hybridized carbons (Fsp3) is 0.348. The maximum atomic E-state index is 13.1. The minimum absolute atomic E-state index is 0.0604. The number of hydrogen-bond donors (Lipinski definition) is 1. The van der Waals surface area contributed by atoms with Gasteiger partial charge in [-0.25, -0.2) is 14.8 Å². The van der Waals surface area contributed by atoms with E-state index in [4.69, 9.17) is 11.6 Å². The van der Waals surface area contributed by atoms with E-state index in [1.54, 1.807) is 12.1 Å². The van der Waals surface area contributed by atoms with Crippen LogP contribution >= 0.6 is 11.6 Å². The van der Waals surface area contributed by atoms with E-state index in [1.807, 2.05) is 41.3 Å². The van der Waals surface area contributed by atoms with Crippen molar-refractivity contribution in [3.05, 3.63) is 64.7 Å². The van der Waals surface area contributed by atoms with Gasteiger partial charge in [-0.1, -0.05) is 35.9 Å². The molecule has 162 valence electrons. The molecule has 2 fully saturated rings. The minimum atomic E-state index is -0.368. The predicted octanol–water partition coefficient (Wildman–Crippen LogP) is 4.03. The van der Waals surface area contributed by atoms with E-state index in [0.717, 1.165) is 30.5 Å². The third-order valence-corrected chi connectivity index (χ3v) is 5.82. The Bertz CT molecular complexity index is 962. The van der Waals surface area contributed by atoms with Crippen molar-refractivity contribution in [1.29, 1.82) is 0 Å². The molecule has 0 aromatic heterocycles. The summed E-state index contributed by atoms with van der Waals surface area (Å²) in [4.78, 5) is 39.0. The number of halogens is 1. The standard InChI is InChI=1S/C23H25ClN4O3/c24-19-9-5-18(6-10-19)16-28(27-14-2-4-22(27)30)23(31)25-20-11-7-17(8-12-20)15-26-13-1-3-21(26)29/h5-12H,1-4,13-16H2,(H,25,31). The molecule has 2 saturated heterocycles. The molecule has 4 rings (SSSR count). The van der Waals surface area contributed by atoms with Gasteiger partial charge in [0.25, 0.3) is 0 Å². The van der Waals surface area contributed by atoms with Gasteiger partial charge in [0.05, 0.1) is 6.54 Å². The molecule has 0 atom stereocenters. The van der Waals surface area contributed by atoms with Crippen LogP contribution in [0.3, 0.4) is 0 Å². The monoisotopic (exact) mass is 440 g/mol. The summed E-state index contributed by atoms with van der Waals surface area (Å²) in [5.41, 5.74) is 2.53. The molecule has 31 heavy (non-hydrogen) atoms. The zero-order valence-corrected chi connectivity index (χ0v) is 18.0. The molecule has 2 aliphatic rings. The maximum Gasteiger partial charge on any atom is 0.341 e. The summed E-state index contributed by atoms with van der Waals surface area (Å²) >= 11 is 5.96. The first-order valence-electron chi connectivity index (χ1n) is 10.5. The Morgan fingerprint density at radius 1 is 0.903 bits per heavy atom. The lowest BCUT2D eigenvalue weighted by atomic mass is 10.2. The molecule has 0 unspecified atom stereocenters. The number of urea groups is 1. The Hall–Kier alpha value is -3.06. The van der Waals surface area contributed by atoms with Crippen LogP contribution < -0.4 is 5.32 Å². The summed E-state index contributed by atoms with van der Waals surface area (Å²) in [6, 6.07) is 14.3. The molecule has 0 bridgehead atoms. The number of carbonyl (C=O) groups excluding carboxylic acids is 3. The number of anilines is 1. The van der Waals surface area contributed by atoms with Gasteiger partial charge < -0.3 is 10.2 Å². The zero-order valence-electron chi connectivity index (χ0n) is 17.2. The first-order valence-corrected chi connectivity index (χ1v) is 10.9. The lowest BCUT2D eigenvalue weighted by Crippen LogP contribution is -2.48. The molecular formula is C23H25ClN4O3. The molecule has 2 aliphatic heterocycles. The summed E-state index contributed by atoms with van der Waals surface area (Å²) in [6.45, 7) is 2.16. The SMILES string of the molecule is O=C1CCCN1Cc1ccc(NC(=O)N(Cc2ccc(Cl)cc2)N2CCCC2=O)cc1. The molecule has 1 N–H and O–H groups in total. The van der Waals surface area contributed by atoms with E-state index >= 15 is 0 Å². The van der Waals surface area contributed by atoms with Crippen LogP contribution in [-0.2, 0) is 22.7 Å². The van der Waals surface area contributed by atoms with Crippen molar-refractivity contribution in [2.75, 3.05) is 18.4 Å². The first-order chi connectivity index (χ1) is 15.0. The average molecular weight is 441 g/mol. The van der Waals surface area contributed by atoms with Gasteiger partial charge in [-0.15, -0.1) is 0 Å². The number of benzene rings is 2. The highest BCUT2D eigenvalue weighted by Gasteiger charge is 2.30. The van der Waals surface area contributed by atoms with E-state index < -0.39 is 0 Å². The fourth-order valence-corrected chi connectivity index (χ4v) is 4.02. The first kappa shape index (κ1) is 21.2. The third-order valence-electron chi connectivity index (χ3n) is 5.57. The van der Waals surface area contributed by atoms with E-state index in [9.17, 15) is 14.4 Å². The average Bonchev–Trinajstić information content (AvgIpc) is 3.37. The molecule has 2 aromatic rings. The molecule has 7 nitrogen and oxygen atoms in total. The van der Waals surface area contributed by atoms with E-state index in [2.05, 4.69) is 5.32 Å². The molecule has 0 radical (unpaired) electrons. The second-order valence-electron chi connectivity index (χ2n) is 7.85. The normalized spacial score (nSPS) is 16.2. The van der Waals surface area contributed by atoms with Crippen molar-refractivity contribution in [3.63, 3.8) is 0 Å². The van der Waals surface area contributed by atoms with E-state index in [0.29, 0.717) is 36.6 Å². The topological polar surface area (TPSA) is 73.0 Å². The van der Waals surface area contributed by atoms with Crippen LogP contribution in [0.25, 0.3) is 0 Å². The highest BCUT2D eigenvalue weighted by atomic mass is 35.5. The summed E-state index contributed by atoms with van der Waals surface area (Å²) in [6.07, 6.45) is 2.69. The summed E-state index contributed by atoms with van der Waals surface area (Å²) in [5, 5.41) is 6.47. The zero-order chi connectivity index (χ0) is 21.8. The van der Waals surface area contributed by atoms with Crippen molar-refractivity contribution in [2.45, 2.75) is 38.8 Å². The number of carbonyl (C=O) groups is 3. The smallest absolute Gasteiger partial charge is 0.338 e. The summed E-state index contributed by atoms with van der Waals surface area (Å²) < 4.78 is 0. The van der Waals surface area contributed by atoms with E-state index in [-0.39, 0.29) is 24.4 Å². The van der Waals surface area contributed by atoms with Gasteiger partial charge in [0.1, 0.15) is 0 Å². The lowest BCUT2D eigenvalue weighted by Gasteiger charge is -2.31. The van der Waals surface area contributed by atoms with Gasteiger partial charge in [0, 0.05) is 43.2 Å². The quantitative estimate of drug-likeness (QED) is 0.736. The fourth-order valence-electron chi connectivity index (χ4n) is 3.89. The molecule has 0 spiro atoms. The second kappa shape index (κ2) is 9.39. The Balaban J connectivity index is 1.44. The number of hydrazine groups is 1. The van der Waals surface area contributed by atoms with Crippen LogP contribution in [0.1, 0.15) is 36.8 Å². The molecular weight excluding hydrogens is 416 g/mol. The van der Waals surface area contributed by atoms with Crippen molar-refractivity contribution in [1.82, 2.24) is 14.9 Å². The van der Waals surface area contributed by atoms with Gasteiger partial charge in [0.2, 0.25) is 11.8 Å². The van der Waals surface area contributed by atoms with Crippen molar-refractivity contribution < 1.29 is 14.4 Å². The minimum Gasteiger partial charge on any atom is -0.338 e. The van der Waals surface area contributed by atoms with Crippen molar-refractivity contribution in [2.24, 2.45) is 0 Å². The second-order valence-corrected chi connectivity index (χ2v) is 8.29. The number of nitrogens with one attached hydrogen (secondary N) is 1. The largest absolute Gasteiger partial charge is 0.341 e. The molecule has 0 aliphatic carbocycles. The van der Waals surface area contributed by atoms with Crippen LogP contribution in [0, 0.1) is 0 Å². The van der Waals surface area contributed by atoms with Crippen molar-refractivity contribution >= 4 is 35.1 Å². The molecule has 8 heteroatoms. The summed E-state index contributed by atoms with van der Waals surface area (Å²) in [5.74, 6) is 0.125. The molecule has 2 heterocycles. The number of hydrogen-bond acceptors (Lipinski definition) is 3. The predicted molar refractivity (Wildman–Crippen MR) is 118 cm³/mol. The maximum absolute atomic E-state index is 13.1. The number of nitrogens with zero attached hydrogens (tertiary/aromatic N) is 3.